The zero-order chi connectivity index (χ0) is 21.8. The Balaban J connectivity index is 1.50. The van der Waals surface area contributed by atoms with Crippen LogP contribution in [0.2, 0.25) is 0 Å². The van der Waals surface area contributed by atoms with E-state index in [1.807, 2.05) is 18.4 Å². The molecule has 3 heterocycles. The predicted molar refractivity (Wildman–Crippen MR) is 119 cm³/mol. The summed E-state index contributed by atoms with van der Waals surface area (Å²) in [5.74, 6) is 0.496. The number of carbonyl (C=O) groups excluding carboxylic acids is 1. The van der Waals surface area contributed by atoms with E-state index < -0.39 is 17.9 Å². The molecule has 0 aliphatic carbocycles. The van der Waals surface area contributed by atoms with Crippen molar-refractivity contribution in [3.05, 3.63) is 47.9 Å². The maximum atomic E-state index is 14.7. The first-order valence-electron chi connectivity index (χ1n) is 10.1. The third-order valence-corrected chi connectivity index (χ3v) is 5.77. The van der Waals surface area contributed by atoms with Crippen LogP contribution >= 0.6 is 11.8 Å². The number of nitrogens with one attached hydrogen (secondary N) is 3. The summed E-state index contributed by atoms with van der Waals surface area (Å²) in [5, 5.41) is 13.4. The smallest absolute Gasteiger partial charge is 0.254 e. The second-order valence-electron chi connectivity index (χ2n) is 7.39. The minimum Gasteiger partial charge on any atom is -0.368 e. The van der Waals surface area contributed by atoms with Crippen molar-refractivity contribution in [3.8, 4) is 11.3 Å². The van der Waals surface area contributed by atoms with Crippen LogP contribution in [-0.2, 0) is 0 Å². The summed E-state index contributed by atoms with van der Waals surface area (Å²) in [7, 11) is 0. The normalized spacial score (nSPS) is 18.4. The number of benzene rings is 1. The van der Waals surface area contributed by atoms with Crippen LogP contribution in [0.15, 0.2) is 36.5 Å². The Morgan fingerprint density at radius 3 is 2.97 bits per heavy atom. The lowest BCUT2D eigenvalue weighted by atomic mass is 10.1. The molecule has 0 radical (unpaired) electrons. The quantitative estimate of drug-likeness (QED) is 0.462. The number of rotatable bonds is 8. The third kappa shape index (κ3) is 4.96. The van der Waals surface area contributed by atoms with Crippen LogP contribution in [0.5, 0.6) is 0 Å². The standard InChI is InChI=1S/C21H24F2N6OS/c1-31-7-6-24-19-4-5-20-26-12-18(29(20)28-19)13-2-3-16(17(23)8-13)21(30)27-11-15-9-14(22)10-25-15/h2-5,8,12,14-15,25H,6-7,9-11H2,1H3,(H,24,28)(H,27,30)/t14-,15+/m1/s1. The molecule has 164 valence electrons. The molecule has 7 nitrogen and oxygen atoms in total. The van der Waals surface area contributed by atoms with Crippen molar-refractivity contribution in [2.24, 2.45) is 0 Å². The van der Waals surface area contributed by atoms with Gasteiger partial charge < -0.3 is 16.0 Å². The monoisotopic (exact) mass is 446 g/mol. The van der Waals surface area contributed by atoms with Gasteiger partial charge in [-0.25, -0.2) is 18.3 Å². The predicted octanol–water partition coefficient (Wildman–Crippen LogP) is 2.74. The van der Waals surface area contributed by atoms with Gasteiger partial charge in [0.2, 0.25) is 0 Å². The average Bonchev–Trinajstić information content (AvgIpc) is 3.38. The van der Waals surface area contributed by atoms with Crippen molar-refractivity contribution < 1.29 is 13.6 Å². The summed E-state index contributed by atoms with van der Waals surface area (Å²) in [5.41, 5.74) is 1.77. The minimum absolute atomic E-state index is 0.0558. The van der Waals surface area contributed by atoms with Crippen LogP contribution in [0.3, 0.4) is 0 Å². The average molecular weight is 447 g/mol. The van der Waals surface area contributed by atoms with Crippen LogP contribution < -0.4 is 16.0 Å². The van der Waals surface area contributed by atoms with Gasteiger partial charge in [0.15, 0.2) is 5.65 Å². The lowest BCUT2D eigenvalue weighted by molar-refractivity contribution is 0.0946. The number of fused-ring (bicyclic) bond motifs is 1. The van der Waals surface area contributed by atoms with Gasteiger partial charge in [0.1, 0.15) is 17.8 Å². The lowest BCUT2D eigenvalue weighted by Crippen LogP contribution is -2.37. The highest BCUT2D eigenvalue weighted by Gasteiger charge is 2.24. The summed E-state index contributed by atoms with van der Waals surface area (Å²) >= 11 is 1.74. The molecule has 1 saturated heterocycles. The molecule has 2 atom stereocenters. The molecule has 3 aromatic rings. The Kier molecular flexibility index (Phi) is 6.67. The molecule has 0 bridgehead atoms. The molecule has 0 saturated carbocycles. The first-order chi connectivity index (χ1) is 15.0. The van der Waals surface area contributed by atoms with Gasteiger partial charge >= 0.3 is 0 Å². The zero-order valence-electron chi connectivity index (χ0n) is 17.1. The van der Waals surface area contributed by atoms with Crippen molar-refractivity contribution in [3.63, 3.8) is 0 Å². The molecule has 1 aliphatic heterocycles. The Morgan fingerprint density at radius 1 is 1.35 bits per heavy atom. The largest absolute Gasteiger partial charge is 0.368 e. The first kappa shape index (κ1) is 21.5. The molecule has 4 rings (SSSR count). The fraction of sp³-hybridized carbons (Fsp3) is 0.381. The van der Waals surface area contributed by atoms with Gasteiger partial charge in [-0.2, -0.15) is 11.8 Å². The van der Waals surface area contributed by atoms with E-state index in [1.165, 1.54) is 12.1 Å². The van der Waals surface area contributed by atoms with E-state index >= 15 is 0 Å². The van der Waals surface area contributed by atoms with Crippen LogP contribution in [0.4, 0.5) is 14.6 Å². The number of carbonyl (C=O) groups is 1. The van der Waals surface area contributed by atoms with E-state index in [4.69, 9.17) is 0 Å². The van der Waals surface area contributed by atoms with Gasteiger partial charge in [-0.3, -0.25) is 4.79 Å². The van der Waals surface area contributed by atoms with Crippen molar-refractivity contribution in [2.75, 3.05) is 37.0 Å². The first-order valence-corrected chi connectivity index (χ1v) is 11.5. The summed E-state index contributed by atoms with van der Waals surface area (Å²) in [6, 6.07) is 7.98. The van der Waals surface area contributed by atoms with Crippen LogP contribution in [-0.4, -0.2) is 64.4 Å². The highest BCUT2D eigenvalue weighted by molar-refractivity contribution is 7.98. The van der Waals surface area contributed by atoms with Crippen molar-refractivity contribution >= 4 is 29.1 Å². The van der Waals surface area contributed by atoms with Crippen molar-refractivity contribution in [1.29, 1.82) is 0 Å². The molecule has 1 amide bonds. The van der Waals surface area contributed by atoms with Crippen molar-refractivity contribution in [2.45, 2.75) is 18.6 Å². The fourth-order valence-electron chi connectivity index (χ4n) is 3.54. The summed E-state index contributed by atoms with van der Waals surface area (Å²) in [6.07, 6.45) is 3.10. The van der Waals surface area contributed by atoms with E-state index in [0.717, 1.165) is 12.3 Å². The maximum Gasteiger partial charge on any atom is 0.254 e. The van der Waals surface area contributed by atoms with Gasteiger partial charge in [-0.1, -0.05) is 6.07 Å². The fourth-order valence-corrected chi connectivity index (χ4v) is 3.85. The van der Waals surface area contributed by atoms with Gasteiger partial charge in [-0.15, -0.1) is 5.10 Å². The van der Waals surface area contributed by atoms with E-state index in [-0.39, 0.29) is 24.7 Å². The number of alkyl halides is 1. The Hall–Kier alpha value is -2.72. The number of hydrogen-bond acceptors (Lipinski definition) is 6. The molecule has 10 heteroatoms. The Bertz CT molecular complexity index is 1080. The number of aromatic nitrogens is 3. The summed E-state index contributed by atoms with van der Waals surface area (Å²) in [6.45, 7) is 1.32. The second-order valence-corrected chi connectivity index (χ2v) is 8.38. The van der Waals surface area contributed by atoms with Crippen molar-refractivity contribution in [1.82, 2.24) is 25.2 Å². The highest BCUT2D eigenvalue weighted by atomic mass is 32.2. The third-order valence-electron chi connectivity index (χ3n) is 5.16. The Morgan fingerprint density at radius 2 is 2.23 bits per heavy atom. The summed E-state index contributed by atoms with van der Waals surface area (Å²) < 4.78 is 29.6. The minimum atomic E-state index is -0.904. The lowest BCUT2D eigenvalue weighted by Gasteiger charge is -2.12. The number of halogens is 2. The van der Waals surface area contributed by atoms with Crippen LogP contribution in [0, 0.1) is 5.82 Å². The molecule has 1 aromatic carbocycles. The molecule has 3 N–H and O–H groups in total. The zero-order valence-corrected chi connectivity index (χ0v) is 17.9. The van der Waals surface area contributed by atoms with E-state index in [2.05, 4.69) is 26.0 Å². The molecule has 2 aromatic heterocycles. The topological polar surface area (TPSA) is 83.3 Å². The van der Waals surface area contributed by atoms with Crippen LogP contribution in [0.25, 0.3) is 16.9 Å². The van der Waals surface area contributed by atoms with Gasteiger partial charge in [0, 0.05) is 37.0 Å². The number of nitrogens with zero attached hydrogens (tertiary/aromatic N) is 3. The molecule has 31 heavy (non-hydrogen) atoms. The number of anilines is 1. The molecule has 1 fully saturated rings. The molecule has 0 spiro atoms. The van der Waals surface area contributed by atoms with E-state index in [1.54, 1.807) is 28.5 Å². The maximum absolute atomic E-state index is 14.7. The molecule has 0 unspecified atom stereocenters. The number of hydrogen-bond donors (Lipinski definition) is 3. The van der Waals surface area contributed by atoms with Crippen LogP contribution in [0.1, 0.15) is 16.8 Å². The molecular formula is C21H24F2N6OS. The Labute approximate surface area is 183 Å². The highest BCUT2D eigenvalue weighted by Crippen LogP contribution is 2.23. The summed E-state index contributed by atoms with van der Waals surface area (Å²) in [4.78, 5) is 16.7. The molecular weight excluding hydrogens is 422 g/mol. The molecule has 1 aliphatic rings. The van der Waals surface area contributed by atoms with E-state index in [0.29, 0.717) is 29.1 Å². The second kappa shape index (κ2) is 9.61. The number of thioether (sulfide) groups is 1. The van der Waals surface area contributed by atoms with Gasteiger partial charge in [0.25, 0.3) is 5.91 Å². The number of amides is 1. The SMILES string of the molecule is CSCCNc1ccc2ncc(-c3ccc(C(=O)NC[C@@H]4C[C@@H](F)CN4)c(F)c3)n2n1. The van der Waals surface area contributed by atoms with Gasteiger partial charge in [0.05, 0.1) is 17.5 Å². The van der Waals surface area contributed by atoms with E-state index in [9.17, 15) is 13.6 Å². The number of imidazole rings is 1. The van der Waals surface area contributed by atoms with Gasteiger partial charge in [-0.05, 0) is 36.9 Å².